The third kappa shape index (κ3) is 6.08. The van der Waals surface area contributed by atoms with Crippen molar-refractivity contribution in [2.75, 3.05) is 42.9 Å². The van der Waals surface area contributed by atoms with Gasteiger partial charge in [0, 0.05) is 38.9 Å². The van der Waals surface area contributed by atoms with E-state index < -0.39 is 5.60 Å². The van der Waals surface area contributed by atoms with Gasteiger partial charge >= 0.3 is 6.09 Å². The molecule has 11 heteroatoms. The number of carbonyl (C=O) groups excluding carboxylic acids is 1. The van der Waals surface area contributed by atoms with Crippen LogP contribution in [0.15, 0.2) is 41.3 Å². The van der Waals surface area contributed by atoms with Crippen LogP contribution in [-0.2, 0) is 11.2 Å². The molecule has 1 aromatic carbocycles. The van der Waals surface area contributed by atoms with Crippen LogP contribution in [0, 0.1) is 13.8 Å². The van der Waals surface area contributed by atoms with Crippen LogP contribution in [-0.4, -0.2) is 74.2 Å². The van der Waals surface area contributed by atoms with Crippen molar-refractivity contribution in [2.24, 2.45) is 0 Å². The Bertz CT molecular complexity index is 1580. The molecule has 4 aromatic rings. The smallest absolute Gasteiger partial charge is 0.410 e. The number of amides is 1. The van der Waals surface area contributed by atoms with Gasteiger partial charge in [-0.1, -0.05) is 29.8 Å². The molecule has 1 aliphatic heterocycles. The predicted octanol–water partition coefficient (Wildman–Crippen LogP) is 4.04. The van der Waals surface area contributed by atoms with E-state index in [0.29, 0.717) is 66.9 Å². The van der Waals surface area contributed by atoms with Crippen molar-refractivity contribution >= 4 is 28.9 Å². The van der Waals surface area contributed by atoms with Crippen molar-refractivity contribution in [1.29, 1.82) is 0 Å². The molecule has 1 saturated heterocycles. The number of rotatable bonds is 6. The van der Waals surface area contributed by atoms with Gasteiger partial charge in [0.1, 0.15) is 22.5 Å². The van der Waals surface area contributed by atoms with Crippen LogP contribution in [0.4, 0.5) is 16.4 Å². The number of imidazole rings is 1. The lowest BCUT2D eigenvalue weighted by Crippen LogP contribution is -2.50. The fourth-order valence-electron chi connectivity index (χ4n) is 4.77. The Morgan fingerprint density at radius 2 is 1.85 bits per heavy atom. The van der Waals surface area contributed by atoms with Gasteiger partial charge < -0.3 is 29.8 Å². The van der Waals surface area contributed by atoms with E-state index in [1.54, 1.807) is 11.1 Å². The fourth-order valence-corrected chi connectivity index (χ4v) is 4.77. The van der Waals surface area contributed by atoms with Gasteiger partial charge in [0.05, 0.1) is 11.4 Å². The number of benzene rings is 1. The number of nitrogens with zero attached hydrogens (tertiary/aromatic N) is 5. The zero-order chi connectivity index (χ0) is 28.4. The fraction of sp³-hybridized carbons (Fsp3) is 0.414. The van der Waals surface area contributed by atoms with E-state index in [1.807, 2.05) is 38.7 Å². The number of aryl methyl sites for hydroxylation is 2. The van der Waals surface area contributed by atoms with Gasteiger partial charge in [-0.05, 0) is 52.7 Å². The maximum absolute atomic E-state index is 12.9. The number of hydrogen-bond donors (Lipinski definition) is 3. The first-order valence-electron chi connectivity index (χ1n) is 13.6. The highest BCUT2D eigenvalue weighted by Gasteiger charge is 2.27. The van der Waals surface area contributed by atoms with Gasteiger partial charge in [-0.15, -0.1) is 0 Å². The highest BCUT2D eigenvalue weighted by Crippen LogP contribution is 2.26. The van der Waals surface area contributed by atoms with Gasteiger partial charge in [0.25, 0.3) is 5.56 Å². The molecule has 1 fully saturated rings. The number of pyridine rings is 1. The summed E-state index contributed by atoms with van der Waals surface area (Å²) in [6, 6.07) is 10.2. The minimum atomic E-state index is -0.534. The highest BCUT2D eigenvalue weighted by molar-refractivity contribution is 5.82. The lowest BCUT2D eigenvalue weighted by molar-refractivity contribution is 0.0240. The molecule has 40 heavy (non-hydrogen) atoms. The summed E-state index contributed by atoms with van der Waals surface area (Å²) in [4.78, 5) is 49.2. The predicted molar refractivity (Wildman–Crippen MR) is 156 cm³/mol. The van der Waals surface area contributed by atoms with Gasteiger partial charge in [-0.25, -0.2) is 14.8 Å². The highest BCUT2D eigenvalue weighted by atomic mass is 16.6. The molecule has 5 rings (SSSR count). The lowest BCUT2D eigenvalue weighted by atomic mass is 10.1. The molecule has 0 atom stereocenters. The van der Waals surface area contributed by atoms with Crippen LogP contribution in [0.5, 0.6) is 0 Å². The molecule has 1 amide bonds. The van der Waals surface area contributed by atoms with Gasteiger partial charge in [0.15, 0.2) is 5.65 Å². The summed E-state index contributed by atoms with van der Waals surface area (Å²) in [6.45, 7) is 12.4. The second-order valence-electron chi connectivity index (χ2n) is 11.1. The minimum absolute atomic E-state index is 0.247. The Kier molecular flexibility index (Phi) is 7.46. The van der Waals surface area contributed by atoms with Gasteiger partial charge in [-0.3, -0.25) is 4.79 Å². The number of piperazine rings is 1. The zero-order valence-corrected chi connectivity index (χ0v) is 23.7. The van der Waals surface area contributed by atoms with Crippen LogP contribution < -0.4 is 15.8 Å². The summed E-state index contributed by atoms with van der Waals surface area (Å²) in [7, 11) is 0. The molecule has 0 radical (unpaired) electrons. The molecule has 3 N–H and O–H groups in total. The number of aromatic amines is 2. The van der Waals surface area contributed by atoms with Crippen molar-refractivity contribution in [3.8, 4) is 11.4 Å². The topological polar surface area (TPSA) is 132 Å². The average molecular weight is 545 g/mol. The first-order chi connectivity index (χ1) is 19.1. The van der Waals surface area contributed by atoms with Crippen LogP contribution >= 0.6 is 0 Å². The SMILES string of the molecule is Cc1cccc(CCNc2cc[nH]c(=O)c2-c2nc3nc(N4CCN(C(=O)OC(C)(C)C)CC4)nc(C)c3[nH]2)c1. The molecule has 0 spiro atoms. The standard InChI is InChI=1S/C29H36N8O3/c1-18-7-6-8-20(17-18)9-11-30-21-10-12-31-26(38)22(21)24-33-23-19(2)32-27(35-25(23)34-24)36-13-15-37(16-14-36)28(39)40-29(3,4)5/h6-8,10,12,17H,9,11,13-16H2,1-5H3,(H2,30,31,38)(H,32,33,34,35). The molecule has 210 valence electrons. The quantitative estimate of drug-likeness (QED) is 0.331. The largest absolute Gasteiger partial charge is 0.444 e. The first kappa shape index (κ1) is 27.2. The minimum Gasteiger partial charge on any atom is -0.444 e. The number of ether oxygens (including phenoxy) is 1. The molecule has 1 aliphatic rings. The van der Waals surface area contributed by atoms with Crippen LogP contribution in [0.2, 0.25) is 0 Å². The summed E-state index contributed by atoms with van der Waals surface area (Å²) in [5, 5.41) is 3.40. The zero-order valence-electron chi connectivity index (χ0n) is 23.7. The maximum atomic E-state index is 12.9. The van der Waals surface area contributed by atoms with Gasteiger partial charge in [-0.2, -0.15) is 4.98 Å². The number of H-pyrrole nitrogens is 2. The van der Waals surface area contributed by atoms with E-state index in [2.05, 4.69) is 46.5 Å². The van der Waals surface area contributed by atoms with Gasteiger partial charge in [0.2, 0.25) is 5.95 Å². The van der Waals surface area contributed by atoms with Crippen LogP contribution in [0.25, 0.3) is 22.6 Å². The third-order valence-corrected chi connectivity index (χ3v) is 6.74. The molecular weight excluding hydrogens is 508 g/mol. The summed E-state index contributed by atoms with van der Waals surface area (Å²) in [6.07, 6.45) is 2.14. The number of fused-ring (bicyclic) bond motifs is 1. The summed E-state index contributed by atoms with van der Waals surface area (Å²) < 4.78 is 5.50. The first-order valence-corrected chi connectivity index (χ1v) is 13.6. The summed E-state index contributed by atoms with van der Waals surface area (Å²) in [5.41, 5.74) is 4.69. The van der Waals surface area contributed by atoms with Crippen molar-refractivity contribution in [3.05, 3.63) is 63.7 Å². The van der Waals surface area contributed by atoms with E-state index in [1.165, 1.54) is 11.1 Å². The summed E-state index contributed by atoms with van der Waals surface area (Å²) >= 11 is 0. The second kappa shape index (κ2) is 11.0. The lowest BCUT2D eigenvalue weighted by Gasteiger charge is -2.35. The number of nitrogens with one attached hydrogen (secondary N) is 3. The normalized spacial score (nSPS) is 14.0. The molecule has 0 unspecified atom stereocenters. The number of aromatic nitrogens is 5. The molecule has 4 heterocycles. The van der Waals surface area contributed by atoms with E-state index in [4.69, 9.17) is 19.7 Å². The molecule has 0 bridgehead atoms. The van der Waals surface area contributed by atoms with Crippen molar-refractivity contribution in [1.82, 2.24) is 29.8 Å². The van der Waals surface area contributed by atoms with E-state index in [0.717, 1.165) is 12.1 Å². The number of hydrogen-bond acceptors (Lipinski definition) is 8. The molecule has 11 nitrogen and oxygen atoms in total. The van der Waals surface area contributed by atoms with Crippen molar-refractivity contribution < 1.29 is 9.53 Å². The third-order valence-electron chi connectivity index (χ3n) is 6.74. The Hall–Kier alpha value is -4.41. The second-order valence-corrected chi connectivity index (χ2v) is 11.1. The summed E-state index contributed by atoms with van der Waals surface area (Å²) in [5.74, 6) is 0.976. The van der Waals surface area contributed by atoms with Crippen LogP contribution in [0.3, 0.4) is 0 Å². The molecule has 0 aliphatic carbocycles. The van der Waals surface area contributed by atoms with E-state index in [9.17, 15) is 9.59 Å². The van der Waals surface area contributed by atoms with Crippen molar-refractivity contribution in [3.63, 3.8) is 0 Å². The van der Waals surface area contributed by atoms with Crippen molar-refractivity contribution in [2.45, 2.75) is 46.6 Å². The molecular formula is C29H36N8O3. The monoisotopic (exact) mass is 544 g/mol. The maximum Gasteiger partial charge on any atom is 0.410 e. The number of anilines is 2. The molecule has 3 aromatic heterocycles. The van der Waals surface area contributed by atoms with E-state index >= 15 is 0 Å². The van der Waals surface area contributed by atoms with E-state index in [-0.39, 0.29) is 11.7 Å². The molecule has 0 saturated carbocycles. The Labute approximate surface area is 233 Å². The number of carbonyl (C=O) groups is 1. The van der Waals surface area contributed by atoms with Crippen LogP contribution in [0.1, 0.15) is 37.6 Å². The Morgan fingerprint density at radius 3 is 2.58 bits per heavy atom. The average Bonchev–Trinajstić information content (AvgIpc) is 3.32. The Morgan fingerprint density at radius 1 is 1.07 bits per heavy atom. The Balaban J connectivity index is 1.34.